The zero-order chi connectivity index (χ0) is 12.3. The number of aromatic nitrogens is 2. The molecule has 1 heterocycles. The Labute approximate surface area is 103 Å². The molecule has 0 amide bonds. The van der Waals surface area contributed by atoms with Gasteiger partial charge in [0, 0.05) is 12.2 Å². The Bertz CT molecular complexity index is 378. The van der Waals surface area contributed by atoms with Crippen LogP contribution in [0.2, 0.25) is 0 Å². The molecule has 0 spiro atoms. The molecule has 2 atom stereocenters. The van der Waals surface area contributed by atoms with Crippen molar-refractivity contribution in [3.05, 3.63) is 17.6 Å². The first-order chi connectivity index (χ1) is 8.20. The Morgan fingerprint density at radius 1 is 1.35 bits per heavy atom. The van der Waals surface area contributed by atoms with Crippen LogP contribution >= 0.6 is 0 Å². The molecular weight excluding hydrogens is 212 g/mol. The predicted molar refractivity (Wildman–Crippen MR) is 69.9 cm³/mol. The number of aryl methyl sites for hydroxylation is 2. The first-order valence-corrected chi connectivity index (χ1v) is 6.47. The van der Waals surface area contributed by atoms with Gasteiger partial charge in [-0.25, -0.2) is 4.98 Å². The van der Waals surface area contributed by atoms with Gasteiger partial charge in [-0.3, -0.25) is 4.98 Å². The largest absolute Gasteiger partial charge is 0.366 e. The molecule has 4 nitrogen and oxygen atoms in total. The molecule has 17 heavy (non-hydrogen) atoms. The second-order valence-corrected chi connectivity index (χ2v) is 4.98. The topological polar surface area (TPSA) is 63.8 Å². The average molecular weight is 234 g/mol. The van der Waals surface area contributed by atoms with Crippen molar-refractivity contribution < 1.29 is 0 Å². The molecule has 1 aliphatic carbocycles. The van der Waals surface area contributed by atoms with E-state index in [1.807, 2.05) is 20.0 Å². The number of anilines is 1. The maximum atomic E-state index is 5.84. The quantitative estimate of drug-likeness (QED) is 0.840. The van der Waals surface area contributed by atoms with Crippen LogP contribution in [0.1, 0.15) is 37.1 Å². The standard InChI is InChI=1S/C13H22N4/c1-9-8-15-10(2)13(16-9)17-12-6-4-3-5-11(12)7-14/h8,11-12H,3-7,14H2,1-2H3,(H,16,17). The minimum Gasteiger partial charge on any atom is -0.366 e. The van der Waals surface area contributed by atoms with Gasteiger partial charge >= 0.3 is 0 Å². The van der Waals surface area contributed by atoms with E-state index in [1.165, 1.54) is 25.7 Å². The molecule has 94 valence electrons. The first-order valence-electron chi connectivity index (χ1n) is 6.47. The number of nitrogens with zero attached hydrogens (tertiary/aromatic N) is 2. The van der Waals surface area contributed by atoms with Crippen LogP contribution < -0.4 is 11.1 Å². The highest BCUT2D eigenvalue weighted by atomic mass is 15.1. The number of rotatable bonds is 3. The van der Waals surface area contributed by atoms with Crippen molar-refractivity contribution in [2.75, 3.05) is 11.9 Å². The van der Waals surface area contributed by atoms with Crippen molar-refractivity contribution >= 4 is 5.82 Å². The maximum absolute atomic E-state index is 5.84. The highest BCUT2D eigenvalue weighted by molar-refractivity contribution is 5.40. The van der Waals surface area contributed by atoms with Gasteiger partial charge in [0.25, 0.3) is 0 Å². The van der Waals surface area contributed by atoms with E-state index < -0.39 is 0 Å². The van der Waals surface area contributed by atoms with Crippen molar-refractivity contribution in [1.82, 2.24) is 9.97 Å². The van der Waals surface area contributed by atoms with Gasteiger partial charge in [0.05, 0.1) is 11.4 Å². The Hall–Kier alpha value is -1.16. The molecule has 3 N–H and O–H groups in total. The third kappa shape index (κ3) is 2.94. The molecule has 0 aliphatic heterocycles. The summed E-state index contributed by atoms with van der Waals surface area (Å²) in [4.78, 5) is 8.86. The normalized spacial score (nSPS) is 24.6. The number of hydrogen-bond donors (Lipinski definition) is 2. The van der Waals surface area contributed by atoms with Crippen molar-refractivity contribution in [3.63, 3.8) is 0 Å². The predicted octanol–water partition coefficient (Wildman–Crippen LogP) is 2.02. The number of nitrogens with one attached hydrogen (secondary N) is 1. The summed E-state index contributed by atoms with van der Waals surface area (Å²) in [6, 6.07) is 0.462. The zero-order valence-corrected chi connectivity index (χ0v) is 10.7. The summed E-state index contributed by atoms with van der Waals surface area (Å²) in [7, 11) is 0. The fraction of sp³-hybridized carbons (Fsp3) is 0.692. The Kier molecular flexibility index (Phi) is 3.94. The van der Waals surface area contributed by atoms with E-state index in [1.54, 1.807) is 0 Å². The van der Waals surface area contributed by atoms with Crippen LogP contribution in [0.25, 0.3) is 0 Å². The summed E-state index contributed by atoms with van der Waals surface area (Å²) in [6.07, 6.45) is 6.82. The van der Waals surface area contributed by atoms with Crippen LogP contribution in [0, 0.1) is 19.8 Å². The van der Waals surface area contributed by atoms with Gasteiger partial charge in [-0.2, -0.15) is 0 Å². The average Bonchev–Trinajstić information content (AvgIpc) is 2.34. The number of nitrogens with two attached hydrogens (primary N) is 1. The summed E-state index contributed by atoms with van der Waals surface area (Å²) in [5, 5.41) is 3.54. The highest BCUT2D eigenvalue weighted by Crippen LogP contribution is 2.26. The van der Waals surface area contributed by atoms with Gasteiger partial charge in [0.2, 0.25) is 0 Å². The van der Waals surface area contributed by atoms with Crippen molar-refractivity contribution in [2.45, 2.75) is 45.6 Å². The van der Waals surface area contributed by atoms with Gasteiger partial charge < -0.3 is 11.1 Å². The number of hydrogen-bond acceptors (Lipinski definition) is 4. The zero-order valence-electron chi connectivity index (χ0n) is 10.7. The lowest BCUT2D eigenvalue weighted by molar-refractivity contribution is 0.332. The SMILES string of the molecule is Cc1cnc(C)c(NC2CCCCC2CN)n1. The third-order valence-electron chi connectivity index (χ3n) is 3.61. The van der Waals surface area contributed by atoms with Crippen molar-refractivity contribution in [3.8, 4) is 0 Å². The van der Waals surface area contributed by atoms with Crippen LogP contribution in [-0.4, -0.2) is 22.6 Å². The van der Waals surface area contributed by atoms with E-state index in [9.17, 15) is 0 Å². The maximum Gasteiger partial charge on any atom is 0.147 e. The van der Waals surface area contributed by atoms with Crippen molar-refractivity contribution in [1.29, 1.82) is 0 Å². The highest BCUT2D eigenvalue weighted by Gasteiger charge is 2.24. The van der Waals surface area contributed by atoms with Gasteiger partial charge in [0.15, 0.2) is 0 Å². The van der Waals surface area contributed by atoms with Gasteiger partial charge in [-0.1, -0.05) is 12.8 Å². The second kappa shape index (κ2) is 5.45. The molecule has 1 fully saturated rings. The van der Waals surface area contributed by atoms with Crippen LogP contribution in [0.15, 0.2) is 6.20 Å². The second-order valence-electron chi connectivity index (χ2n) is 4.98. The van der Waals surface area contributed by atoms with Crippen LogP contribution in [-0.2, 0) is 0 Å². The fourth-order valence-corrected chi connectivity index (χ4v) is 2.53. The fourth-order valence-electron chi connectivity index (χ4n) is 2.53. The lowest BCUT2D eigenvalue weighted by atomic mass is 9.84. The molecule has 1 aliphatic rings. The molecule has 0 aromatic carbocycles. The van der Waals surface area contributed by atoms with E-state index >= 15 is 0 Å². The Balaban J connectivity index is 2.10. The van der Waals surface area contributed by atoms with Crippen LogP contribution in [0.5, 0.6) is 0 Å². The smallest absolute Gasteiger partial charge is 0.147 e. The van der Waals surface area contributed by atoms with Gasteiger partial charge in [-0.15, -0.1) is 0 Å². The lowest BCUT2D eigenvalue weighted by Gasteiger charge is -2.32. The molecule has 4 heteroatoms. The summed E-state index contributed by atoms with van der Waals surface area (Å²) >= 11 is 0. The molecule has 2 unspecified atom stereocenters. The summed E-state index contributed by atoms with van der Waals surface area (Å²) in [5.74, 6) is 1.50. The third-order valence-corrected chi connectivity index (χ3v) is 3.61. The van der Waals surface area contributed by atoms with E-state index in [4.69, 9.17) is 5.73 Å². The van der Waals surface area contributed by atoms with Gasteiger partial charge in [0.1, 0.15) is 5.82 Å². The van der Waals surface area contributed by atoms with Crippen LogP contribution in [0.3, 0.4) is 0 Å². The minimum absolute atomic E-state index is 0.462. The summed E-state index contributed by atoms with van der Waals surface area (Å²) in [5.41, 5.74) is 7.77. The van der Waals surface area contributed by atoms with E-state index in [0.717, 1.165) is 23.8 Å². The summed E-state index contributed by atoms with van der Waals surface area (Å²) in [6.45, 7) is 4.73. The van der Waals surface area contributed by atoms with E-state index in [0.29, 0.717) is 12.0 Å². The first kappa shape index (κ1) is 12.3. The molecule has 1 aromatic rings. The Morgan fingerprint density at radius 2 is 2.12 bits per heavy atom. The molecule has 1 saturated carbocycles. The molecule has 2 rings (SSSR count). The van der Waals surface area contributed by atoms with Crippen LogP contribution in [0.4, 0.5) is 5.82 Å². The van der Waals surface area contributed by atoms with Crippen molar-refractivity contribution in [2.24, 2.45) is 11.7 Å². The molecule has 0 radical (unpaired) electrons. The monoisotopic (exact) mass is 234 g/mol. The summed E-state index contributed by atoms with van der Waals surface area (Å²) < 4.78 is 0. The van der Waals surface area contributed by atoms with E-state index in [2.05, 4.69) is 15.3 Å². The Morgan fingerprint density at radius 3 is 2.88 bits per heavy atom. The minimum atomic E-state index is 0.462. The molecule has 0 saturated heterocycles. The molecule has 1 aromatic heterocycles. The molecular formula is C13H22N4. The van der Waals surface area contributed by atoms with Gasteiger partial charge in [-0.05, 0) is 39.2 Å². The lowest BCUT2D eigenvalue weighted by Crippen LogP contribution is -2.37. The van der Waals surface area contributed by atoms with E-state index in [-0.39, 0.29) is 0 Å². The molecule has 0 bridgehead atoms.